The first-order valence-electron chi connectivity index (χ1n) is 5.10. The summed E-state index contributed by atoms with van der Waals surface area (Å²) in [6.45, 7) is -0.322. The molecule has 0 N–H and O–H groups in total. The van der Waals surface area contributed by atoms with Crippen LogP contribution in [0.3, 0.4) is 0 Å². The Hall–Kier alpha value is -1.37. The van der Waals surface area contributed by atoms with Gasteiger partial charge >= 0.3 is 6.30 Å². The predicted octanol–water partition coefficient (Wildman–Crippen LogP) is 3.89. The summed E-state index contributed by atoms with van der Waals surface area (Å²) < 4.78 is 38.7. The summed E-state index contributed by atoms with van der Waals surface area (Å²) in [6.07, 6.45) is -4.44. The van der Waals surface area contributed by atoms with Crippen molar-refractivity contribution in [1.29, 1.82) is 0 Å². The van der Waals surface area contributed by atoms with E-state index in [1.54, 1.807) is 30.3 Å². The van der Waals surface area contributed by atoms with Crippen molar-refractivity contribution in [3.63, 3.8) is 0 Å². The molecule has 0 amide bonds. The second-order valence-electron chi connectivity index (χ2n) is 3.68. The lowest BCUT2D eigenvalue weighted by molar-refractivity contribution is -0.247. The molecular weight excluding hydrogens is 265 g/mol. The van der Waals surface area contributed by atoms with Crippen molar-refractivity contribution < 1.29 is 13.2 Å². The van der Waals surface area contributed by atoms with E-state index >= 15 is 0 Å². The molecule has 1 fully saturated rings. The van der Waals surface area contributed by atoms with E-state index < -0.39 is 17.0 Å². The quantitative estimate of drug-likeness (QED) is 0.355. The van der Waals surface area contributed by atoms with E-state index in [0.717, 1.165) is 11.8 Å². The molecule has 2 unspecified atom stereocenters. The number of halogens is 3. The Bertz CT molecular complexity index is 458. The molecule has 1 aromatic carbocycles. The second-order valence-corrected chi connectivity index (χ2v) is 4.94. The van der Waals surface area contributed by atoms with E-state index in [4.69, 9.17) is 5.53 Å². The Labute approximate surface area is 105 Å². The topological polar surface area (TPSA) is 52.0 Å². The summed E-state index contributed by atoms with van der Waals surface area (Å²) in [5.74, 6) is 0. The highest BCUT2D eigenvalue weighted by atomic mass is 32.2. The Morgan fingerprint density at radius 3 is 2.56 bits per heavy atom. The average molecular weight is 274 g/mol. The van der Waals surface area contributed by atoms with Gasteiger partial charge in [0.25, 0.3) is 0 Å². The number of azide groups is 1. The number of hydrogen-bond donors (Lipinski definition) is 0. The van der Waals surface area contributed by atoms with Crippen molar-refractivity contribution >= 4 is 11.8 Å². The van der Waals surface area contributed by atoms with Gasteiger partial charge in [0.05, 0.1) is 10.7 Å². The van der Waals surface area contributed by atoms with Crippen LogP contribution in [0.1, 0.15) is 10.9 Å². The van der Waals surface area contributed by atoms with Gasteiger partial charge in [0, 0.05) is 11.5 Å². The molecule has 1 saturated heterocycles. The van der Waals surface area contributed by atoms with E-state index in [1.165, 1.54) is 0 Å². The molecule has 1 aromatic rings. The van der Waals surface area contributed by atoms with Gasteiger partial charge in [-0.25, -0.2) is 0 Å². The fourth-order valence-corrected chi connectivity index (χ4v) is 3.07. The third kappa shape index (κ3) is 2.72. The van der Waals surface area contributed by atoms with E-state index in [0.29, 0.717) is 10.5 Å². The van der Waals surface area contributed by atoms with Crippen LogP contribution in [0.15, 0.2) is 35.4 Å². The Balaban J connectivity index is 2.29. The van der Waals surface area contributed by atoms with Crippen LogP contribution in [-0.4, -0.2) is 23.1 Å². The smallest absolute Gasteiger partial charge is 0.197 e. The molecule has 0 aromatic heterocycles. The number of alkyl halides is 3. The summed E-state index contributed by atoms with van der Waals surface area (Å²) >= 11 is 1.01. The van der Waals surface area contributed by atoms with Crippen LogP contribution < -0.4 is 0 Å². The van der Waals surface area contributed by atoms with E-state index in [1.807, 2.05) is 0 Å². The first-order valence-corrected chi connectivity index (χ1v) is 6.04. The van der Waals surface area contributed by atoms with Crippen LogP contribution >= 0.6 is 11.8 Å². The molecule has 8 heteroatoms. The van der Waals surface area contributed by atoms with Crippen LogP contribution in [0, 0.1) is 0 Å². The summed E-state index contributed by atoms with van der Waals surface area (Å²) in [5.41, 5.74) is 8.87. The number of rotatable bonds is 2. The molecule has 1 heterocycles. The molecular formula is C10H9F3N4S. The number of benzene rings is 1. The maximum atomic E-state index is 12.9. The molecule has 96 valence electrons. The van der Waals surface area contributed by atoms with Gasteiger partial charge in [-0.05, 0) is 11.1 Å². The van der Waals surface area contributed by atoms with Gasteiger partial charge in [-0.3, -0.25) is 0 Å². The van der Waals surface area contributed by atoms with E-state index in [9.17, 15) is 13.2 Å². The first kappa shape index (κ1) is 13.1. The lowest BCUT2D eigenvalue weighted by Crippen LogP contribution is -2.37. The third-order valence-corrected chi connectivity index (χ3v) is 3.85. The normalized spacial score (nSPS) is 24.8. The molecule has 2 atom stereocenters. The van der Waals surface area contributed by atoms with Crippen LogP contribution in [-0.2, 0) is 0 Å². The Morgan fingerprint density at radius 2 is 2.00 bits per heavy atom. The summed E-state index contributed by atoms with van der Waals surface area (Å²) in [6, 6.07) is 8.38. The minimum atomic E-state index is -4.44. The molecule has 4 nitrogen and oxygen atoms in total. The zero-order valence-corrected chi connectivity index (χ0v) is 9.90. The fourth-order valence-electron chi connectivity index (χ4n) is 1.76. The van der Waals surface area contributed by atoms with Gasteiger partial charge in [0.2, 0.25) is 0 Å². The monoisotopic (exact) mass is 274 g/mol. The molecule has 0 aliphatic carbocycles. The standard InChI is InChI=1S/C10H9F3N4S/c11-10(12,13)17-6-8(15-16-14)18-9(17)7-4-2-1-3-5-7/h1-5,8-9H,6H2. The molecule has 2 rings (SSSR count). The molecule has 0 bridgehead atoms. The zero-order valence-electron chi connectivity index (χ0n) is 9.08. The third-order valence-electron chi connectivity index (χ3n) is 2.51. The van der Waals surface area contributed by atoms with Gasteiger partial charge in [-0.15, -0.1) is 11.8 Å². The van der Waals surface area contributed by atoms with E-state index in [-0.39, 0.29) is 6.54 Å². The molecule has 1 aliphatic heterocycles. The van der Waals surface area contributed by atoms with Crippen LogP contribution in [0.5, 0.6) is 0 Å². The minimum absolute atomic E-state index is 0.322. The van der Waals surface area contributed by atoms with Crippen LogP contribution in [0.2, 0.25) is 0 Å². The van der Waals surface area contributed by atoms with Crippen molar-refractivity contribution in [2.24, 2.45) is 5.11 Å². The lowest BCUT2D eigenvalue weighted by Gasteiger charge is -2.25. The highest BCUT2D eigenvalue weighted by molar-refractivity contribution is 8.00. The minimum Gasteiger partial charge on any atom is -0.197 e. The summed E-state index contributed by atoms with van der Waals surface area (Å²) in [4.78, 5) is 2.97. The SMILES string of the molecule is [N-]=[N+]=NC1CN(C(F)(F)F)C(c2ccccc2)S1. The van der Waals surface area contributed by atoms with Crippen LogP contribution in [0.4, 0.5) is 13.2 Å². The molecule has 1 aliphatic rings. The van der Waals surface area contributed by atoms with Gasteiger partial charge in [-0.1, -0.05) is 35.4 Å². The maximum absolute atomic E-state index is 12.9. The zero-order chi connectivity index (χ0) is 13.2. The predicted molar refractivity (Wildman–Crippen MR) is 62.5 cm³/mol. The molecule has 0 saturated carbocycles. The van der Waals surface area contributed by atoms with Gasteiger partial charge in [0.15, 0.2) is 0 Å². The first-order chi connectivity index (χ1) is 8.52. The number of nitrogens with zero attached hydrogens (tertiary/aromatic N) is 4. The summed E-state index contributed by atoms with van der Waals surface area (Å²) in [5, 5.41) is 1.78. The lowest BCUT2D eigenvalue weighted by atomic mass is 10.2. The summed E-state index contributed by atoms with van der Waals surface area (Å²) in [7, 11) is 0. The largest absolute Gasteiger partial charge is 0.461 e. The molecule has 18 heavy (non-hydrogen) atoms. The van der Waals surface area contributed by atoms with Crippen molar-refractivity contribution in [2.75, 3.05) is 6.54 Å². The highest BCUT2D eigenvalue weighted by Gasteiger charge is 2.48. The van der Waals surface area contributed by atoms with Crippen LogP contribution in [0.25, 0.3) is 10.4 Å². The fraction of sp³-hybridized carbons (Fsp3) is 0.400. The Morgan fingerprint density at radius 1 is 1.33 bits per heavy atom. The number of hydrogen-bond acceptors (Lipinski definition) is 3. The van der Waals surface area contributed by atoms with Gasteiger partial charge in [-0.2, -0.15) is 18.1 Å². The average Bonchev–Trinajstić information content (AvgIpc) is 2.75. The van der Waals surface area contributed by atoms with E-state index in [2.05, 4.69) is 10.0 Å². The second kappa shape index (κ2) is 5.09. The molecule has 0 spiro atoms. The highest BCUT2D eigenvalue weighted by Crippen LogP contribution is 2.47. The maximum Gasteiger partial charge on any atom is 0.461 e. The Kier molecular flexibility index (Phi) is 3.70. The van der Waals surface area contributed by atoms with Crippen molar-refractivity contribution in [1.82, 2.24) is 4.90 Å². The molecule has 0 radical (unpaired) electrons. The van der Waals surface area contributed by atoms with Crippen molar-refractivity contribution in [3.05, 3.63) is 46.3 Å². The van der Waals surface area contributed by atoms with Crippen molar-refractivity contribution in [2.45, 2.75) is 17.0 Å². The number of thioether (sulfide) groups is 1. The van der Waals surface area contributed by atoms with Crippen molar-refractivity contribution in [3.8, 4) is 0 Å². The van der Waals surface area contributed by atoms with Gasteiger partial charge < -0.3 is 0 Å². The van der Waals surface area contributed by atoms with Gasteiger partial charge in [0.1, 0.15) is 0 Å².